The predicted octanol–water partition coefficient (Wildman–Crippen LogP) is 5.24. The number of carboxylic acids is 1. The summed E-state index contributed by atoms with van der Waals surface area (Å²) in [5.41, 5.74) is 1.48. The van der Waals surface area contributed by atoms with Crippen LogP contribution in [0.3, 0.4) is 0 Å². The van der Waals surface area contributed by atoms with Gasteiger partial charge in [0, 0.05) is 18.8 Å². The zero-order chi connectivity index (χ0) is 21.8. The predicted molar refractivity (Wildman–Crippen MR) is 117 cm³/mol. The summed E-state index contributed by atoms with van der Waals surface area (Å²) in [5.74, 6) is 1.88. The largest absolute Gasteiger partial charge is 0.481 e. The SMILES string of the molecule is CC[C@H]1C2=CC(=O)CC[C@]2(C)[C@H]2CC[C@]3(C)[C@@H](C(C)CCC(=O)O)CC[C@H]3[C@@H]2[C@@H]1O. The molecule has 4 aliphatic carbocycles. The second kappa shape index (κ2) is 7.76. The molecule has 0 amide bonds. The lowest BCUT2D eigenvalue weighted by molar-refractivity contribution is -0.139. The van der Waals surface area contributed by atoms with E-state index in [0.717, 1.165) is 38.5 Å². The number of aliphatic hydroxyl groups excluding tert-OH is 1. The summed E-state index contributed by atoms with van der Waals surface area (Å²) in [6, 6.07) is 0. The monoisotopic (exact) mass is 416 g/mol. The van der Waals surface area contributed by atoms with E-state index in [1.807, 2.05) is 6.08 Å². The summed E-state index contributed by atoms with van der Waals surface area (Å²) >= 11 is 0. The van der Waals surface area contributed by atoms with Crippen molar-refractivity contribution in [3.8, 4) is 0 Å². The number of carboxylic acid groups (broad SMARTS) is 1. The summed E-state index contributed by atoms with van der Waals surface area (Å²) in [6.07, 6.45) is 9.62. The van der Waals surface area contributed by atoms with Crippen molar-refractivity contribution in [2.45, 2.75) is 91.6 Å². The number of carbonyl (C=O) groups is 2. The van der Waals surface area contributed by atoms with E-state index in [9.17, 15) is 14.7 Å². The van der Waals surface area contributed by atoms with Crippen LogP contribution >= 0.6 is 0 Å². The third-order valence-corrected chi connectivity index (χ3v) is 10.2. The summed E-state index contributed by atoms with van der Waals surface area (Å²) < 4.78 is 0. The van der Waals surface area contributed by atoms with E-state index in [0.29, 0.717) is 36.0 Å². The number of rotatable bonds is 5. The second-order valence-corrected chi connectivity index (χ2v) is 11.4. The summed E-state index contributed by atoms with van der Waals surface area (Å²) in [5, 5.41) is 20.8. The van der Waals surface area contributed by atoms with Crippen LogP contribution in [-0.4, -0.2) is 28.1 Å². The van der Waals surface area contributed by atoms with Gasteiger partial charge in [-0.15, -0.1) is 0 Å². The molecule has 4 heteroatoms. The van der Waals surface area contributed by atoms with Gasteiger partial charge in [-0.2, -0.15) is 0 Å². The Bertz CT molecular complexity index is 741. The van der Waals surface area contributed by atoms with Crippen molar-refractivity contribution in [1.29, 1.82) is 0 Å². The zero-order valence-electron chi connectivity index (χ0n) is 19.2. The summed E-state index contributed by atoms with van der Waals surface area (Å²) in [4.78, 5) is 23.4. The van der Waals surface area contributed by atoms with Crippen molar-refractivity contribution in [2.75, 3.05) is 0 Å². The molecule has 0 saturated heterocycles. The van der Waals surface area contributed by atoms with Crippen LogP contribution in [0, 0.1) is 46.3 Å². The smallest absolute Gasteiger partial charge is 0.303 e. The molecule has 168 valence electrons. The van der Waals surface area contributed by atoms with Gasteiger partial charge in [0.15, 0.2) is 5.78 Å². The Morgan fingerprint density at radius 2 is 1.93 bits per heavy atom. The highest BCUT2D eigenvalue weighted by atomic mass is 16.4. The molecule has 0 spiro atoms. The van der Waals surface area contributed by atoms with Crippen LogP contribution in [0.1, 0.15) is 85.5 Å². The van der Waals surface area contributed by atoms with Crippen LogP contribution in [0.25, 0.3) is 0 Å². The first-order valence-electron chi connectivity index (χ1n) is 12.3. The van der Waals surface area contributed by atoms with Crippen molar-refractivity contribution in [3.05, 3.63) is 11.6 Å². The van der Waals surface area contributed by atoms with Crippen LogP contribution in [0.15, 0.2) is 11.6 Å². The van der Waals surface area contributed by atoms with Gasteiger partial charge >= 0.3 is 5.97 Å². The number of carbonyl (C=O) groups excluding carboxylic acids is 1. The Labute approximate surface area is 181 Å². The second-order valence-electron chi connectivity index (χ2n) is 11.4. The molecule has 4 nitrogen and oxygen atoms in total. The van der Waals surface area contributed by atoms with Gasteiger partial charge in [-0.05, 0) is 91.4 Å². The summed E-state index contributed by atoms with van der Waals surface area (Å²) in [6.45, 7) is 9.22. The minimum Gasteiger partial charge on any atom is -0.481 e. The fraction of sp³-hybridized carbons (Fsp3) is 0.846. The quantitative estimate of drug-likeness (QED) is 0.642. The molecule has 4 aliphatic rings. The Morgan fingerprint density at radius 1 is 1.20 bits per heavy atom. The summed E-state index contributed by atoms with van der Waals surface area (Å²) in [7, 11) is 0. The Balaban J connectivity index is 1.65. The molecule has 3 fully saturated rings. The molecule has 9 atom stereocenters. The van der Waals surface area contributed by atoms with E-state index in [1.165, 1.54) is 12.0 Å². The maximum Gasteiger partial charge on any atom is 0.303 e. The van der Waals surface area contributed by atoms with E-state index in [4.69, 9.17) is 5.11 Å². The van der Waals surface area contributed by atoms with Crippen molar-refractivity contribution in [3.63, 3.8) is 0 Å². The molecule has 1 unspecified atom stereocenters. The van der Waals surface area contributed by atoms with E-state index >= 15 is 0 Å². The maximum absolute atomic E-state index is 12.2. The van der Waals surface area contributed by atoms with Gasteiger partial charge in [-0.3, -0.25) is 9.59 Å². The molecule has 0 bridgehead atoms. The first kappa shape index (κ1) is 22.0. The lowest BCUT2D eigenvalue weighted by Gasteiger charge is -2.62. The van der Waals surface area contributed by atoms with Gasteiger partial charge in [0.25, 0.3) is 0 Å². The van der Waals surface area contributed by atoms with Gasteiger partial charge < -0.3 is 10.2 Å². The highest BCUT2D eigenvalue weighted by Crippen LogP contribution is 2.68. The first-order valence-corrected chi connectivity index (χ1v) is 12.3. The molecule has 30 heavy (non-hydrogen) atoms. The van der Waals surface area contributed by atoms with Gasteiger partial charge in [-0.1, -0.05) is 33.3 Å². The van der Waals surface area contributed by atoms with Crippen molar-refractivity contribution in [2.24, 2.45) is 46.3 Å². The molecule has 0 aromatic heterocycles. The molecule has 0 heterocycles. The normalized spacial score (nSPS) is 46.4. The van der Waals surface area contributed by atoms with Gasteiger partial charge in [-0.25, -0.2) is 0 Å². The fourth-order valence-electron chi connectivity index (χ4n) is 8.72. The standard InChI is InChI=1S/C26H40O4/c1-5-17-21-14-16(27)10-12-26(21,4)20-11-13-25(3)18(15(2)6-9-22(28)29)7-8-19(25)23(20)24(17)30/h14-15,17-20,23-24,30H,5-13H2,1-4H3,(H,28,29)/t15?,17-,18+,19-,20-,23-,24+,25+,26+/m0/s1. The lowest BCUT2D eigenvalue weighted by Crippen LogP contribution is -2.58. The highest BCUT2D eigenvalue weighted by Gasteiger charge is 2.63. The molecule has 0 radical (unpaired) electrons. The minimum absolute atomic E-state index is 0.0484. The Kier molecular flexibility index (Phi) is 5.70. The molecule has 0 aromatic carbocycles. The highest BCUT2D eigenvalue weighted by molar-refractivity contribution is 5.91. The number of aliphatic hydroxyl groups is 1. The average molecular weight is 417 g/mol. The third-order valence-electron chi connectivity index (χ3n) is 10.2. The molecular weight excluding hydrogens is 376 g/mol. The van der Waals surface area contributed by atoms with Crippen molar-refractivity contribution in [1.82, 2.24) is 0 Å². The lowest BCUT2D eigenvalue weighted by atomic mass is 9.43. The van der Waals surface area contributed by atoms with Gasteiger partial charge in [0.1, 0.15) is 0 Å². The van der Waals surface area contributed by atoms with E-state index in [2.05, 4.69) is 27.7 Å². The molecule has 0 aliphatic heterocycles. The van der Waals surface area contributed by atoms with E-state index in [1.54, 1.807) is 0 Å². The van der Waals surface area contributed by atoms with E-state index < -0.39 is 5.97 Å². The van der Waals surface area contributed by atoms with Crippen molar-refractivity contribution < 1.29 is 19.8 Å². The minimum atomic E-state index is -0.696. The average Bonchev–Trinajstić information content (AvgIpc) is 3.05. The Morgan fingerprint density at radius 3 is 2.60 bits per heavy atom. The number of ketones is 1. The number of fused-ring (bicyclic) bond motifs is 5. The number of hydrogen-bond donors (Lipinski definition) is 2. The molecule has 4 rings (SSSR count). The zero-order valence-corrected chi connectivity index (χ0v) is 19.2. The van der Waals surface area contributed by atoms with Crippen LogP contribution in [0.4, 0.5) is 0 Å². The van der Waals surface area contributed by atoms with Crippen molar-refractivity contribution >= 4 is 11.8 Å². The van der Waals surface area contributed by atoms with Crippen LogP contribution in [0.2, 0.25) is 0 Å². The maximum atomic E-state index is 12.2. The molecule has 3 saturated carbocycles. The topological polar surface area (TPSA) is 74.6 Å². The van der Waals surface area contributed by atoms with Gasteiger partial charge in [0.05, 0.1) is 6.10 Å². The van der Waals surface area contributed by atoms with Crippen LogP contribution in [0.5, 0.6) is 0 Å². The van der Waals surface area contributed by atoms with Crippen LogP contribution in [-0.2, 0) is 9.59 Å². The number of aliphatic carboxylic acids is 1. The first-order chi connectivity index (χ1) is 14.1. The molecule has 2 N–H and O–H groups in total. The number of hydrogen-bond acceptors (Lipinski definition) is 3. The Hall–Kier alpha value is -1.16. The van der Waals surface area contributed by atoms with E-state index in [-0.39, 0.29) is 35.1 Å². The van der Waals surface area contributed by atoms with Crippen LogP contribution < -0.4 is 0 Å². The third kappa shape index (κ3) is 3.20. The molecular formula is C26H40O4. The molecule has 0 aromatic rings. The fourth-order valence-corrected chi connectivity index (χ4v) is 8.72. The van der Waals surface area contributed by atoms with Gasteiger partial charge in [0.2, 0.25) is 0 Å².